The summed E-state index contributed by atoms with van der Waals surface area (Å²) in [7, 11) is 0. The lowest BCUT2D eigenvalue weighted by atomic mass is 10.0. The average Bonchev–Trinajstić information content (AvgIpc) is 2.68. The van der Waals surface area contributed by atoms with Gasteiger partial charge in [-0.1, -0.05) is 12.1 Å². The first-order valence-corrected chi connectivity index (χ1v) is 9.83. The zero-order valence-electron chi connectivity index (χ0n) is 16.9. The summed E-state index contributed by atoms with van der Waals surface area (Å²) in [4.78, 5) is 16.4. The predicted octanol–water partition coefficient (Wildman–Crippen LogP) is 4.74. The molecule has 0 unspecified atom stereocenters. The van der Waals surface area contributed by atoms with Gasteiger partial charge in [0.05, 0.1) is 17.4 Å². The first kappa shape index (κ1) is 19.2. The van der Waals surface area contributed by atoms with E-state index in [0.717, 1.165) is 18.5 Å². The van der Waals surface area contributed by atoms with Gasteiger partial charge in [0, 0.05) is 13.1 Å². The van der Waals surface area contributed by atoms with Crippen LogP contribution >= 0.6 is 0 Å². The number of likely N-dealkylation sites (tertiary alicyclic amines) is 1. The van der Waals surface area contributed by atoms with Crippen molar-refractivity contribution in [3.63, 3.8) is 0 Å². The molecule has 29 heavy (non-hydrogen) atoms. The molecule has 1 amide bonds. The maximum absolute atomic E-state index is 12.6. The Balaban J connectivity index is 1.69. The minimum absolute atomic E-state index is 0.0241. The Labute approximate surface area is 170 Å². The molecule has 1 saturated heterocycles. The number of carbonyl (C=O) groups excluding carboxylic acids is 1. The lowest BCUT2D eigenvalue weighted by molar-refractivity contribution is 0.0200. The molecule has 2 aromatic rings. The number of fused-ring (bicyclic) bond motifs is 2. The summed E-state index contributed by atoms with van der Waals surface area (Å²) in [6, 6.07) is 10.7. The molecule has 2 aliphatic rings. The SMILES string of the molecule is CC(C)(C)OC(=O)N1CCC[C@H](N2c3ccccc3Oc3c2ccc(O)c3O)C1. The largest absolute Gasteiger partial charge is 0.504 e. The number of phenols is 2. The second-order valence-corrected chi connectivity index (χ2v) is 8.44. The Morgan fingerprint density at radius 3 is 2.66 bits per heavy atom. The quantitative estimate of drug-likeness (QED) is 0.675. The van der Waals surface area contributed by atoms with E-state index in [9.17, 15) is 15.0 Å². The van der Waals surface area contributed by atoms with Gasteiger partial charge in [-0.15, -0.1) is 0 Å². The smallest absolute Gasteiger partial charge is 0.410 e. The Morgan fingerprint density at radius 1 is 1.14 bits per heavy atom. The molecule has 0 radical (unpaired) electrons. The van der Waals surface area contributed by atoms with Crippen molar-refractivity contribution in [1.29, 1.82) is 0 Å². The third-order valence-electron chi connectivity index (χ3n) is 5.10. The maximum atomic E-state index is 12.6. The molecule has 0 aliphatic carbocycles. The van der Waals surface area contributed by atoms with Gasteiger partial charge in [0.15, 0.2) is 17.2 Å². The van der Waals surface area contributed by atoms with Crippen LogP contribution in [0.25, 0.3) is 0 Å². The molecule has 1 fully saturated rings. The number of benzene rings is 2. The van der Waals surface area contributed by atoms with E-state index in [1.807, 2.05) is 45.0 Å². The summed E-state index contributed by atoms with van der Waals surface area (Å²) in [5, 5.41) is 20.3. The maximum Gasteiger partial charge on any atom is 0.410 e. The van der Waals surface area contributed by atoms with Gasteiger partial charge in [-0.3, -0.25) is 0 Å². The van der Waals surface area contributed by atoms with E-state index >= 15 is 0 Å². The van der Waals surface area contributed by atoms with Crippen LogP contribution in [0.2, 0.25) is 0 Å². The zero-order valence-corrected chi connectivity index (χ0v) is 16.9. The van der Waals surface area contributed by atoms with Crippen molar-refractivity contribution in [1.82, 2.24) is 4.90 Å². The van der Waals surface area contributed by atoms with E-state index in [4.69, 9.17) is 9.47 Å². The van der Waals surface area contributed by atoms with E-state index in [0.29, 0.717) is 24.5 Å². The summed E-state index contributed by atoms with van der Waals surface area (Å²) in [5.74, 6) is 0.289. The topological polar surface area (TPSA) is 82.5 Å². The lowest BCUT2D eigenvalue weighted by Gasteiger charge is -2.43. The van der Waals surface area contributed by atoms with E-state index < -0.39 is 5.60 Å². The van der Waals surface area contributed by atoms with Crippen LogP contribution in [0.4, 0.5) is 16.2 Å². The van der Waals surface area contributed by atoms with Gasteiger partial charge in [-0.25, -0.2) is 4.79 Å². The summed E-state index contributed by atoms with van der Waals surface area (Å²) in [6.07, 6.45) is 1.38. The van der Waals surface area contributed by atoms with E-state index in [2.05, 4.69) is 4.90 Å². The summed E-state index contributed by atoms with van der Waals surface area (Å²) < 4.78 is 11.5. The highest BCUT2D eigenvalue weighted by Gasteiger charge is 2.36. The Bertz CT molecular complexity index is 937. The molecule has 2 aromatic carbocycles. The molecule has 4 rings (SSSR count). The lowest BCUT2D eigenvalue weighted by Crippen LogP contribution is -2.50. The highest BCUT2D eigenvalue weighted by Crippen LogP contribution is 2.54. The van der Waals surface area contributed by atoms with Crippen molar-refractivity contribution >= 4 is 17.5 Å². The molecular formula is C22H26N2O5. The normalized spacial score (nSPS) is 18.5. The van der Waals surface area contributed by atoms with Crippen LogP contribution in [-0.4, -0.2) is 45.9 Å². The van der Waals surface area contributed by atoms with Gasteiger partial charge >= 0.3 is 6.09 Å². The fourth-order valence-electron chi connectivity index (χ4n) is 3.87. The Kier molecular flexibility index (Phi) is 4.68. The monoisotopic (exact) mass is 398 g/mol. The number of amides is 1. The first-order valence-electron chi connectivity index (χ1n) is 9.83. The fraction of sp³-hybridized carbons (Fsp3) is 0.409. The van der Waals surface area contributed by atoms with Gasteiger partial charge < -0.3 is 29.5 Å². The second kappa shape index (κ2) is 7.06. The van der Waals surface area contributed by atoms with Crippen LogP contribution in [0.15, 0.2) is 36.4 Å². The van der Waals surface area contributed by atoms with Crippen molar-refractivity contribution in [2.24, 2.45) is 0 Å². The molecule has 1 atom stereocenters. The van der Waals surface area contributed by atoms with Crippen molar-refractivity contribution in [2.75, 3.05) is 18.0 Å². The minimum Gasteiger partial charge on any atom is -0.504 e. The number of aromatic hydroxyl groups is 2. The number of anilines is 2. The molecule has 2 heterocycles. The molecule has 154 valence electrons. The van der Waals surface area contributed by atoms with Gasteiger partial charge in [-0.05, 0) is 57.9 Å². The Hall–Kier alpha value is -3.09. The second-order valence-electron chi connectivity index (χ2n) is 8.44. The first-order chi connectivity index (χ1) is 13.7. The highest BCUT2D eigenvalue weighted by molar-refractivity contribution is 5.82. The Morgan fingerprint density at radius 2 is 1.90 bits per heavy atom. The highest BCUT2D eigenvalue weighted by atomic mass is 16.6. The van der Waals surface area contributed by atoms with Crippen LogP contribution in [0.5, 0.6) is 23.0 Å². The van der Waals surface area contributed by atoms with Gasteiger partial charge in [0.1, 0.15) is 5.60 Å². The van der Waals surface area contributed by atoms with Gasteiger partial charge in [-0.2, -0.15) is 0 Å². The number of hydrogen-bond acceptors (Lipinski definition) is 6. The third kappa shape index (κ3) is 3.64. The molecule has 0 saturated carbocycles. The number of para-hydroxylation sites is 2. The van der Waals surface area contributed by atoms with E-state index in [-0.39, 0.29) is 29.4 Å². The van der Waals surface area contributed by atoms with Crippen LogP contribution in [-0.2, 0) is 4.74 Å². The molecule has 7 heteroatoms. The molecule has 0 bridgehead atoms. The summed E-state index contributed by atoms with van der Waals surface area (Å²) in [6.45, 7) is 6.71. The van der Waals surface area contributed by atoms with E-state index in [1.54, 1.807) is 11.0 Å². The minimum atomic E-state index is -0.550. The predicted molar refractivity (Wildman–Crippen MR) is 109 cm³/mol. The molecular weight excluding hydrogens is 372 g/mol. The van der Waals surface area contributed by atoms with Crippen molar-refractivity contribution < 1.29 is 24.5 Å². The zero-order chi connectivity index (χ0) is 20.8. The van der Waals surface area contributed by atoms with Crippen molar-refractivity contribution in [2.45, 2.75) is 45.3 Å². The van der Waals surface area contributed by atoms with Crippen LogP contribution < -0.4 is 9.64 Å². The van der Waals surface area contributed by atoms with Crippen molar-refractivity contribution in [3.05, 3.63) is 36.4 Å². The third-order valence-corrected chi connectivity index (χ3v) is 5.10. The van der Waals surface area contributed by atoms with Gasteiger partial charge in [0.25, 0.3) is 0 Å². The summed E-state index contributed by atoms with van der Waals surface area (Å²) in [5.41, 5.74) is 0.974. The number of rotatable bonds is 1. The number of ether oxygens (including phenoxy) is 2. The number of hydrogen-bond donors (Lipinski definition) is 2. The number of nitrogens with zero attached hydrogens (tertiary/aromatic N) is 2. The van der Waals surface area contributed by atoms with E-state index in [1.165, 1.54) is 6.07 Å². The van der Waals surface area contributed by atoms with Gasteiger partial charge in [0.2, 0.25) is 5.75 Å². The molecule has 7 nitrogen and oxygen atoms in total. The van der Waals surface area contributed by atoms with Crippen LogP contribution in [0.3, 0.4) is 0 Å². The summed E-state index contributed by atoms with van der Waals surface area (Å²) >= 11 is 0. The van der Waals surface area contributed by atoms with Crippen LogP contribution in [0.1, 0.15) is 33.6 Å². The molecule has 2 aliphatic heterocycles. The standard InChI is InChI=1S/C22H26N2O5/c1-22(2,3)29-21(27)23-12-6-7-14(13-23)24-15-8-4-5-9-18(15)28-20-16(24)10-11-17(25)19(20)26/h4-5,8-11,14,25-26H,6-7,12-13H2,1-3H3/t14-/m0/s1. The molecule has 2 N–H and O–H groups in total. The number of phenolic OH excluding ortho intramolecular Hbond substituents is 2. The fourth-order valence-corrected chi connectivity index (χ4v) is 3.87. The van der Waals surface area contributed by atoms with Crippen LogP contribution in [0, 0.1) is 0 Å². The van der Waals surface area contributed by atoms with Crippen molar-refractivity contribution in [3.8, 4) is 23.0 Å². The molecule has 0 spiro atoms. The average molecular weight is 398 g/mol. The number of piperidine rings is 1. The molecule has 0 aromatic heterocycles. The number of carbonyl (C=O) groups is 1.